The van der Waals surface area contributed by atoms with E-state index in [4.69, 9.17) is 14.2 Å². The number of carbonyl (C=O) groups excluding carboxylic acids is 3. The lowest BCUT2D eigenvalue weighted by atomic mass is 9.84. The molecule has 0 bridgehead atoms. The summed E-state index contributed by atoms with van der Waals surface area (Å²) < 4.78 is 16.7. The second-order valence-corrected chi connectivity index (χ2v) is 8.65. The molecule has 2 rings (SSSR count). The topological polar surface area (TPSA) is 78.9 Å². The van der Waals surface area contributed by atoms with E-state index in [0.717, 1.165) is 83.7 Å². The number of carbonyl (C=O) groups is 3. The zero-order valence-electron chi connectivity index (χ0n) is 18.4. The van der Waals surface area contributed by atoms with Gasteiger partial charge in [-0.1, -0.05) is 13.0 Å². The molecule has 0 heterocycles. The molecule has 0 unspecified atom stereocenters. The van der Waals surface area contributed by atoms with Gasteiger partial charge in [0, 0.05) is 18.6 Å². The summed E-state index contributed by atoms with van der Waals surface area (Å²) in [4.78, 5) is 34.8. The number of ether oxygens (including phenoxy) is 3. The number of unbranched alkanes of at least 4 members (excludes halogenated alkanes) is 3. The Kier molecular flexibility index (Phi) is 11.1. The molecular formula is C24H38O6. The van der Waals surface area contributed by atoms with E-state index in [0.29, 0.717) is 6.61 Å². The van der Waals surface area contributed by atoms with Crippen LogP contribution in [0, 0.1) is 11.8 Å². The Bertz CT molecular complexity index is 556. The number of hydrogen-bond acceptors (Lipinski definition) is 6. The minimum absolute atomic E-state index is 0.00587. The molecule has 6 heteroatoms. The van der Waals surface area contributed by atoms with Crippen LogP contribution in [0.5, 0.6) is 0 Å². The van der Waals surface area contributed by atoms with E-state index in [-0.39, 0.29) is 41.8 Å². The van der Waals surface area contributed by atoms with Gasteiger partial charge in [0.05, 0.1) is 18.6 Å². The van der Waals surface area contributed by atoms with Crippen LogP contribution in [0.25, 0.3) is 0 Å². The number of hydrogen-bond donors (Lipinski definition) is 0. The fourth-order valence-electron chi connectivity index (χ4n) is 4.35. The molecule has 2 fully saturated rings. The van der Waals surface area contributed by atoms with Crippen molar-refractivity contribution in [2.24, 2.45) is 11.8 Å². The Hall–Kier alpha value is -1.69. The third-order valence-corrected chi connectivity index (χ3v) is 6.34. The van der Waals surface area contributed by atoms with Crippen molar-refractivity contribution in [1.82, 2.24) is 0 Å². The smallest absolute Gasteiger partial charge is 0.330 e. The summed E-state index contributed by atoms with van der Waals surface area (Å²) in [6.45, 7) is 6.21. The summed E-state index contributed by atoms with van der Waals surface area (Å²) in [6, 6.07) is 0. The molecule has 0 aliphatic heterocycles. The van der Waals surface area contributed by atoms with Gasteiger partial charge in [-0.2, -0.15) is 0 Å². The summed E-state index contributed by atoms with van der Waals surface area (Å²) >= 11 is 0. The summed E-state index contributed by atoms with van der Waals surface area (Å²) in [5.74, 6) is -0.0156. The zero-order chi connectivity index (χ0) is 21.8. The number of Topliss-reactive ketones (excluding diaryl/α,β-unsaturated/α-hetero) is 1. The van der Waals surface area contributed by atoms with Gasteiger partial charge in [-0.05, 0) is 77.6 Å². The molecule has 0 radical (unpaired) electrons. The van der Waals surface area contributed by atoms with Crippen molar-refractivity contribution < 1.29 is 28.6 Å². The van der Waals surface area contributed by atoms with Crippen molar-refractivity contribution >= 4 is 17.7 Å². The first kappa shape index (κ1) is 24.6. The lowest BCUT2D eigenvalue weighted by Crippen LogP contribution is -2.32. The number of esters is 2. The fourth-order valence-corrected chi connectivity index (χ4v) is 4.35. The second-order valence-electron chi connectivity index (χ2n) is 8.65. The van der Waals surface area contributed by atoms with Crippen molar-refractivity contribution in [3.8, 4) is 0 Å². The maximum Gasteiger partial charge on any atom is 0.330 e. The van der Waals surface area contributed by atoms with Crippen LogP contribution in [0.15, 0.2) is 12.7 Å². The fraction of sp³-hybridized carbons (Fsp3) is 0.792. The normalized spacial score (nSPS) is 26.6. The molecule has 2 saturated carbocycles. The average Bonchev–Trinajstić information content (AvgIpc) is 2.76. The van der Waals surface area contributed by atoms with Crippen LogP contribution in [0.2, 0.25) is 0 Å². The van der Waals surface area contributed by atoms with Crippen LogP contribution >= 0.6 is 0 Å². The number of ketones is 1. The van der Waals surface area contributed by atoms with Gasteiger partial charge in [0.2, 0.25) is 0 Å². The molecule has 30 heavy (non-hydrogen) atoms. The predicted molar refractivity (Wildman–Crippen MR) is 114 cm³/mol. The lowest BCUT2D eigenvalue weighted by Gasteiger charge is -2.31. The van der Waals surface area contributed by atoms with Crippen LogP contribution in [0.1, 0.15) is 84.0 Å². The summed E-state index contributed by atoms with van der Waals surface area (Å²) in [7, 11) is 0. The zero-order valence-corrected chi connectivity index (χ0v) is 18.4. The molecule has 0 saturated heterocycles. The minimum atomic E-state index is -0.363. The van der Waals surface area contributed by atoms with Crippen LogP contribution in [-0.2, 0) is 28.6 Å². The highest BCUT2D eigenvalue weighted by Crippen LogP contribution is 2.31. The highest BCUT2D eigenvalue weighted by Gasteiger charge is 2.31. The third kappa shape index (κ3) is 8.99. The van der Waals surface area contributed by atoms with Gasteiger partial charge in [-0.3, -0.25) is 9.59 Å². The predicted octanol–water partition coefficient (Wildman–Crippen LogP) is 4.54. The van der Waals surface area contributed by atoms with Crippen molar-refractivity contribution in [1.29, 1.82) is 0 Å². The molecule has 0 amide bonds. The van der Waals surface area contributed by atoms with Gasteiger partial charge in [0.25, 0.3) is 0 Å². The molecular weight excluding hydrogens is 384 g/mol. The molecule has 0 spiro atoms. The van der Waals surface area contributed by atoms with Gasteiger partial charge in [-0.25, -0.2) is 4.79 Å². The molecule has 0 aromatic carbocycles. The van der Waals surface area contributed by atoms with E-state index in [2.05, 4.69) is 6.58 Å². The SMILES string of the molecule is C=CC(=O)OCCCCCCOC1CCC(C(=O)OC2CCC(C(C)=O)CC2)CC1. The van der Waals surface area contributed by atoms with Gasteiger partial charge in [0.1, 0.15) is 11.9 Å². The van der Waals surface area contributed by atoms with Gasteiger partial charge in [0.15, 0.2) is 0 Å². The van der Waals surface area contributed by atoms with Gasteiger partial charge in [-0.15, -0.1) is 0 Å². The first-order valence-corrected chi connectivity index (χ1v) is 11.6. The van der Waals surface area contributed by atoms with E-state index in [1.165, 1.54) is 6.08 Å². The quantitative estimate of drug-likeness (QED) is 0.261. The average molecular weight is 423 g/mol. The monoisotopic (exact) mass is 422 g/mol. The Morgan fingerprint density at radius 3 is 1.97 bits per heavy atom. The van der Waals surface area contributed by atoms with E-state index in [1.54, 1.807) is 6.92 Å². The number of rotatable bonds is 12. The molecule has 0 aromatic heterocycles. The molecule has 0 atom stereocenters. The second kappa shape index (κ2) is 13.6. The third-order valence-electron chi connectivity index (χ3n) is 6.34. The van der Waals surface area contributed by atoms with E-state index in [1.807, 2.05) is 0 Å². The molecule has 0 N–H and O–H groups in total. The highest BCUT2D eigenvalue weighted by atomic mass is 16.5. The summed E-state index contributed by atoms with van der Waals surface area (Å²) in [5.41, 5.74) is 0. The molecule has 2 aliphatic rings. The lowest BCUT2D eigenvalue weighted by molar-refractivity contribution is -0.158. The van der Waals surface area contributed by atoms with Crippen LogP contribution in [0.4, 0.5) is 0 Å². The summed E-state index contributed by atoms with van der Waals surface area (Å²) in [6.07, 6.45) is 12.1. The van der Waals surface area contributed by atoms with E-state index >= 15 is 0 Å². The van der Waals surface area contributed by atoms with Crippen LogP contribution < -0.4 is 0 Å². The summed E-state index contributed by atoms with van der Waals surface area (Å²) in [5, 5.41) is 0. The minimum Gasteiger partial charge on any atom is -0.463 e. The largest absolute Gasteiger partial charge is 0.463 e. The molecule has 2 aliphatic carbocycles. The molecule has 170 valence electrons. The molecule has 0 aromatic rings. The van der Waals surface area contributed by atoms with E-state index < -0.39 is 0 Å². The van der Waals surface area contributed by atoms with Crippen molar-refractivity contribution in [2.75, 3.05) is 13.2 Å². The van der Waals surface area contributed by atoms with Crippen LogP contribution in [-0.4, -0.2) is 43.1 Å². The standard InChI is InChI=1S/C24H38O6/c1-3-23(26)29-17-7-5-4-6-16-28-21-12-10-20(11-13-21)24(27)30-22-14-8-19(9-15-22)18(2)25/h3,19-22H,1,4-17H2,2H3. The van der Waals surface area contributed by atoms with Gasteiger partial charge >= 0.3 is 11.9 Å². The Morgan fingerprint density at radius 1 is 0.800 bits per heavy atom. The Labute approximate surface area is 180 Å². The molecule has 6 nitrogen and oxygen atoms in total. The van der Waals surface area contributed by atoms with E-state index in [9.17, 15) is 14.4 Å². The van der Waals surface area contributed by atoms with Crippen molar-refractivity contribution in [2.45, 2.75) is 96.2 Å². The van der Waals surface area contributed by atoms with Crippen molar-refractivity contribution in [3.05, 3.63) is 12.7 Å². The Balaban J connectivity index is 1.49. The maximum atomic E-state index is 12.5. The van der Waals surface area contributed by atoms with Gasteiger partial charge < -0.3 is 14.2 Å². The van der Waals surface area contributed by atoms with Crippen LogP contribution in [0.3, 0.4) is 0 Å². The first-order chi connectivity index (χ1) is 14.5. The maximum absolute atomic E-state index is 12.5. The van der Waals surface area contributed by atoms with Crippen molar-refractivity contribution in [3.63, 3.8) is 0 Å². The highest BCUT2D eigenvalue weighted by molar-refractivity contribution is 5.81. The first-order valence-electron chi connectivity index (χ1n) is 11.6. The Morgan fingerprint density at radius 2 is 1.37 bits per heavy atom.